The van der Waals surface area contributed by atoms with Crippen LogP contribution in [0.3, 0.4) is 0 Å². The SMILES string of the molecule is CC(C)Cc1nc2ncccc2o1. The molecule has 0 unspecified atom stereocenters. The van der Waals surface area contributed by atoms with Crippen molar-refractivity contribution < 1.29 is 4.42 Å². The summed E-state index contributed by atoms with van der Waals surface area (Å²) >= 11 is 0. The monoisotopic (exact) mass is 176 g/mol. The second-order valence-corrected chi connectivity index (χ2v) is 3.53. The topological polar surface area (TPSA) is 38.9 Å². The Labute approximate surface area is 76.8 Å². The molecule has 0 N–H and O–H groups in total. The molecule has 2 aromatic rings. The van der Waals surface area contributed by atoms with Gasteiger partial charge in [-0.1, -0.05) is 13.8 Å². The van der Waals surface area contributed by atoms with Crippen LogP contribution in [0.15, 0.2) is 22.7 Å². The van der Waals surface area contributed by atoms with Gasteiger partial charge in [-0.25, -0.2) is 4.98 Å². The number of pyridine rings is 1. The van der Waals surface area contributed by atoms with E-state index in [9.17, 15) is 0 Å². The van der Waals surface area contributed by atoms with E-state index in [1.165, 1.54) is 0 Å². The maximum atomic E-state index is 5.51. The summed E-state index contributed by atoms with van der Waals surface area (Å²) in [5, 5.41) is 0. The third-order valence-electron chi connectivity index (χ3n) is 1.79. The molecule has 0 aliphatic rings. The van der Waals surface area contributed by atoms with Crippen LogP contribution in [0.1, 0.15) is 19.7 Å². The minimum Gasteiger partial charge on any atom is -0.439 e. The Kier molecular flexibility index (Phi) is 2.00. The molecule has 0 bridgehead atoms. The molecule has 0 spiro atoms. The van der Waals surface area contributed by atoms with Crippen LogP contribution in [-0.4, -0.2) is 9.97 Å². The van der Waals surface area contributed by atoms with Gasteiger partial charge in [0.2, 0.25) is 0 Å². The lowest BCUT2D eigenvalue weighted by Crippen LogP contribution is -1.93. The fourth-order valence-corrected chi connectivity index (χ4v) is 1.25. The van der Waals surface area contributed by atoms with Crippen molar-refractivity contribution in [2.75, 3.05) is 0 Å². The minimum atomic E-state index is 0.563. The van der Waals surface area contributed by atoms with E-state index >= 15 is 0 Å². The largest absolute Gasteiger partial charge is 0.439 e. The molecule has 0 radical (unpaired) electrons. The fraction of sp³-hybridized carbons (Fsp3) is 0.400. The molecule has 3 heteroatoms. The van der Waals surface area contributed by atoms with E-state index in [2.05, 4.69) is 23.8 Å². The molecule has 2 rings (SSSR count). The van der Waals surface area contributed by atoms with Crippen LogP contribution in [0.4, 0.5) is 0 Å². The molecule has 0 amide bonds. The van der Waals surface area contributed by atoms with Gasteiger partial charge in [-0.05, 0) is 18.1 Å². The zero-order chi connectivity index (χ0) is 9.26. The summed E-state index contributed by atoms with van der Waals surface area (Å²) in [4.78, 5) is 8.38. The van der Waals surface area contributed by atoms with Crippen LogP contribution in [0.2, 0.25) is 0 Å². The van der Waals surface area contributed by atoms with Crippen molar-refractivity contribution in [2.45, 2.75) is 20.3 Å². The average Bonchev–Trinajstić information content (AvgIpc) is 2.44. The Balaban J connectivity index is 2.38. The molecular weight excluding hydrogens is 164 g/mol. The first-order valence-electron chi connectivity index (χ1n) is 4.46. The first kappa shape index (κ1) is 8.23. The zero-order valence-corrected chi connectivity index (χ0v) is 7.82. The van der Waals surface area contributed by atoms with Crippen molar-refractivity contribution in [3.05, 3.63) is 24.2 Å². The van der Waals surface area contributed by atoms with Crippen molar-refractivity contribution in [3.8, 4) is 0 Å². The Morgan fingerprint density at radius 2 is 2.31 bits per heavy atom. The molecule has 0 atom stereocenters. The van der Waals surface area contributed by atoms with E-state index in [-0.39, 0.29) is 0 Å². The van der Waals surface area contributed by atoms with E-state index in [4.69, 9.17) is 4.42 Å². The average molecular weight is 176 g/mol. The summed E-state index contributed by atoms with van der Waals surface area (Å²) in [7, 11) is 0. The van der Waals surface area contributed by atoms with Gasteiger partial charge in [0.05, 0.1) is 0 Å². The summed E-state index contributed by atoms with van der Waals surface area (Å²) in [5.74, 6) is 1.34. The second-order valence-electron chi connectivity index (χ2n) is 3.53. The van der Waals surface area contributed by atoms with Crippen LogP contribution < -0.4 is 0 Å². The number of hydrogen-bond acceptors (Lipinski definition) is 3. The predicted octanol–water partition coefficient (Wildman–Crippen LogP) is 2.42. The molecule has 0 saturated heterocycles. The normalized spacial score (nSPS) is 11.3. The number of fused-ring (bicyclic) bond motifs is 1. The lowest BCUT2D eigenvalue weighted by atomic mass is 10.1. The van der Waals surface area contributed by atoms with Crippen LogP contribution in [-0.2, 0) is 6.42 Å². The maximum Gasteiger partial charge on any atom is 0.198 e. The number of oxazole rings is 1. The van der Waals surface area contributed by atoms with Gasteiger partial charge in [0.1, 0.15) is 0 Å². The highest BCUT2D eigenvalue weighted by Gasteiger charge is 2.06. The molecule has 0 fully saturated rings. The van der Waals surface area contributed by atoms with E-state index in [1.54, 1.807) is 6.20 Å². The molecule has 2 aromatic heterocycles. The molecule has 0 saturated carbocycles. The fourth-order valence-electron chi connectivity index (χ4n) is 1.25. The highest BCUT2D eigenvalue weighted by Crippen LogP contribution is 2.14. The number of aromatic nitrogens is 2. The standard InChI is InChI=1S/C10H12N2O/c1-7(2)6-9-12-10-8(13-9)4-3-5-11-10/h3-5,7H,6H2,1-2H3. The molecule has 0 aliphatic carbocycles. The maximum absolute atomic E-state index is 5.51. The van der Waals surface area contributed by atoms with Crippen LogP contribution >= 0.6 is 0 Å². The Hall–Kier alpha value is -1.38. The quantitative estimate of drug-likeness (QED) is 0.705. The minimum absolute atomic E-state index is 0.563. The van der Waals surface area contributed by atoms with Gasteiger partial charge >= 0.3 is 0 Å². The Bertz CT molecular complexity index is 373. The van der Waals surface area contributed by atoms with Crippen LogP contribution in [0, 0.1) is 5.92 Å². The second kappa shape index (κ2) is 3.17. The molecule has 0 aromatic carbocycles. The van der Waals surface area contributed by atoms with Gasteiger partial charge in [-0.2, -0.15) is 4.98 Å². The molecule has 68 valence electrons. The molecular formula is C10H12N2O. The van der Waals surface area contributed by atoms with E-state index in [0.29, 0.717) is 11.6 Å². The van der Waals surface area contributed by atoms with E-state index < -0.39 is 0 Å². The summed E-state index contributed by atoms with van der Waals surface area (Å²) in [5.41, 5.74) is 1.48. The summed E-state index contributed by atoms with van der Waals surface area (Å²) in [6.45, 7) is 4.28. The van der Waals surface area contributed by atoms with Gasteiger partial charge in [0, 0.05) is 12.6 Å². The molecule has 0 aliphatic heterocycles. The highest BCUT2D eigenvalue weighted by molar-refractivity contribution is 5.66. The van der Waals surface area contributed by atoms with Crippen LogP contribution in [0.25, 0.3) is 11.2 Å². The van der Waals surface area contributed by atoms with Crippen LogP contribution in [0.5, 0.6) is 0 Å². The van der Waals surface area contributed by atoms with Crippen molar-refractivity contribution in [2.24, 2.45) is 5.92 Å². The third-order valence-corrected chi connectivity index (χ3v) is 1.79. The zero-order valence-electron chi connectivity index (χ0n) is 7.82. The predicted molar refractivity (Wildman–Crippen MR) is 50.3 cm³/mol. The van der Waals surface area contributed by atoms with Crippen molar-refractivity contribution in [1.29, 1.82) is 0 Å². The first-order valence-corrected chi connectivity index (χ1v) is 4.46. The smallest absolute Gasteiger partial charge is 0.198 e. The highest BCUT2D eigenvalue weighted by atomic mass is 16.3. The van der Waals surface area contributed by atoms with E-state index in [0.717, 1.165) is 17.9 Å². The molecule has 2 heterocycles. The number of hydrogen-bond donors (Lipinski definition) is 0. The summed E-state index contributed by atoms with van der Waals surface area (Å²) in [6, 6.07) is 3.74. The van der Waals surface area contributed by atoms with Crippen molar-refractivity contribution in [3.63, 3.8) is 0 Å². The third kappa shape index (κ3) is 1.69. The van der Waals surface area contributed by atoms with Gasteiger partial charge in [0.25, 0.3) is 0 Å². The Morgan fingerprint density at radius 1 is 1.46 bits per heavy atom. The first-order chi connectivity index (χ1) is 6.25. The summed E-state index contributed by atoms with van der Waals surface area (Å²) < 4.78 is 5.51. The number of nitrogens with zero attached hydrogens (tertiary/aromatic N) is 2. The number of rotatable bonds is 2. The van der Waals surface area contributed by atoms with Gasteiger partial charge < -0.3 is 4.42 Å². The van der Waals surface area contributed by atoms with Gasteiger partial charge in [-0.3, -0.25) is 0 Å². The Morgan fingerprint density at radius 3 is 3.00 bits per heavy atom. The van der Waals surface area contributed by atoms with Gasteiger partial charge in [0.15, 0.2) is 17.1 Å². The lowest BCUT2D eigenvalue weighted by molar-refractivity contribution is 0.482. The van der Waals surface area contributed by atoms with E-state index in [1.807, 2.05) is 12.1 Å². The van der Waals surface area contributed by atoms with Crippen molar-refractivity contribution >= 4 is 11.2 Å². The van der Waals surface area contributed by atoms with Crippen molar-refractivity contribution in [1.82, 2.24) is 9.97 Å². The summed E-state index contributed by atoms with van der Waals surface area (Å²) in [6.07, 6.45) is 2.60. The van der Waals surface area contributed by atoms with Gasteiger partial charge in [-0.15, -0.1) is 0 Å². The lowest BCUT2D eigenvalue weighted by Gasteiger charge is -1.96. The molecule has 3 nitrogen and oxygen atoms in total. The molecule has 13 heavy (non-hydrogen) atoms.